The van der Waals surface area contributed by atoms with Crippen LogP contribution in [0.25, 0.3) is 5.57 Å². The van der Waals surface area contributed by atoms with Crippen LogP contribution >= 0.6 is 0 Å². The molecule has 0 spiro atoms. The summed E-state index contributed by atoms with van der Waals surface area (Å²) < 4.78 is 25.1. The van der Waals surface area contributed by atoms with Gasteiger partial charge in [-0.05, 0) is 30.2 Å². The van der Waals surface area contributed by atoms with E-state index in [9.17, 15) is 14.0 Å². The van der Waals surface area contributed by atoms with Gasteiger partial charge in [-0.1, -0.05) is 35.0 Å². The third-order valence-electron chi connectivity index (χ3n) is 5.37. The van der Waals surface area contributed by atoms with Crippen LogP contribution in [0, 0.1) is 5.82 Å². The highest BCUT2D eigenvalue weighted by Gasteiger charge is 2.32. The highest BCUT2D eigenvalue weighted by Crippen LogP contribution is 2.28. The Hall–Kier alpha value is -3.72. The van der Waals surface area contributed by atoms with Gasteiger partial charge in [0.05, 0.1) is 25.0 Å². The first-order valence-electron chi connectivity index (χ1n) is 10.7. The average molecular weight is 452 g/mol. The van der Waals surface area contributed by atoms with Crippen LogP contribution in [0.15, 0.2) is 65.1 Å². The fourth-order valence-corrected chi connectivity index (χ4v) is 3.66. The molecule has 1 fully saturated rings. The number of nitrogens with one attached hydrogen (secondary N) is 2. The SMILES string of the molecule is CC(=O)NCC1CN(c2ccc(C3=CC=C(CNCc4cnoc4)CC=C3)c(F)c2)C(=O)O1. The normalized spacial score (nSPS) is 17.9. The Kier molecular flexibility index (Phi) is 6.99. The van der Waals surface area contributed by atoms with Crippen LogP contribution in [0.2, 0.25) is 0 Å². The number of allylic oxidation sites excluding steroid dienone is 5. The zero-order chi connectivity index (χ0) is 23.2. The highest BCUT2D eigenvalue weighted by atomic mass is 19.1. The standard InChI is InChI=1S/C24H25FN4O4/c1-16(30)27-13-21-14-29(24(31)33-21)20-7-8-22(23(25)9-20)19-4-2-3-17(5-6-19)10-26-11-18-12-28-32-15-18/h2,4-9,12,15,21,26H,3,10-11,13-14H2,1H3,(H,27,30). The zero-order valence-corrected chi connectivity index (χ0v) is 18.2. The molecule has 33 heavy (non-hydrogen) atoms. The van der Waals surface area contributed by atoms with E-state index in [1.54, 1.807) is 24.6 Å². The molecule has 0 radical (unpaired) electrons. The number of hydrogen-bond acceptors (Lipinski definition) is 6. The third kappa shape index (κ3) is 5.75. The van der Waals surface area contributed by atoms with E-state index < -0.39 is 18.0 Å². The fraction of sp³-hybridized carbons (Fsp3) is 0.292. The van der Waals surface area contributed by atoms with Gasteiger partial charge < -0.3 is 19.9 Å². The van der Waals surface area contributed by atoms with Gasteiger partial charge in [-0.3, -0.25) is 9.69 Å². The minimum atomic E-state index is -0.558. The van der Waals surface area contributed by atoms with Gasteiger partial charge in [0.2, 0.25) is 5.91 Å². The lowest BCUT2D eigenvalue weighted by Gasteiger charge is -2.14. The summed E-state index contributed by atoms with van der Waals surface area (Å²) in [6.07, 6.45) is 10.8. The lowest BCUT2D eigenvalue weighted by Crippen LogP contribution is -2.33. The molecule has 1 saturated heterocycles. The van der Waals surface area contributed by atoms with Crippen molar-refractivity contribution < 1.29 is 23.2 Å². The number of aromatic nitrogens is 1. The van der Waals surface area contributed by atoms with Gasteiger partial charge in [0, 0.05) is 31.1 Å². The first-order chi connectivity index (χ1) is 16.0. The number of carbonyl (C=O) groups is 2. The van der Waals surface area contributed by atoms with Gasteiger partial charge in [-0.2, -0.15) is 0 Å². The molecule has 0 saturated carbocycles. The molecule has 1 atom stereocenters. The van der Waals surface area contributed by atoms with E-state index in [4.69, 9.17) is 9.26 Å². The smallest absolute Gasteiger partial charge is 0.414 e. The predicted octanol–water partition coefficient (Wildman–Crippen LogP) is 3.33. The lowest BCUT2D eigenvalue weighted by molar-refractivity contribution is -0.119. The molecule has 4 rings (SSSR count). The first-order valence-corrected chi connectivity index (χ1v) is 10.7. The summed E-state index contributed by atoms with van der Waals surface area (Å²) in [7, 11) is 0. The summed E-state index contributed by atoms with van der Waals surface area (Å²) >= 11 is 0. The van der Waals surface area contributed by atoms with E-state index in [2.05, 4.69) is 15.8 Å². The number of nitrogens with zero attached hydrogens (tertiary/aromatic N) is 2. The summed E-state index contributed by atoms with van der Waals surface area (Å²) in [5, 5.41) is 9.64. The molecule has 1 unspecified atom stereocenters. The monoisotopic (exact) mass is 452 g/mol. The van der Waals surface area contributed by atoms with Gasteiger partial charge >= 0.3 is 6.09 Å². The van der Waals surface area contributed by atoms with Crippen LogP contribution in [0.4, 0.5) is 14.9 Å². The molecule has 2 N–H and O–H groups in total. The fourth-order valence-electron chi connectivity index (χ4n) is 3.66. The molecule has 2 amide bonds. The van der Waals surface area contributed by atoms with Crippen LogP contribution in [-0.2, 0) is 16.1 Å². The summed E-state index contributed by atoms with van der Waals surface area (Å²) in [5.74, 6) is -0.628. The van der Waals surface area contributed by atoms with E-state index in [0.29, 0.717) is 24.3 Å². The summed E-state index contributed by atoms with van der Waals surface area (Å²) in [6.45, 7) is 3.21. The van der Waals surface area contributed by atoms with E-state index in [-0.39, 0.29) is 19.0 Å². The Labute approximate surface area is 190 Å². The molecule has 1 aromatic carbocycles. The minimum absolute atomic E-state index is 0.201. The van der Waals surface area contributed by atoms with Crippen molar-refractivity contribution in [2.24, 2.45) is 0 Å². The van der Waals surface area contributed by atoms with Gasteiger partial charge in [-0.15, -0.1) is 0 Å². The lowest BCUT2D eigenvalue weighted by atomic mass is 10.0. The number of cyclic esters (lactones) is 1. The molecule has 1 aliphatic heterocycles. The molecule has 1 aliphatic carbocycles. The van der Waals surface area contributed by atoms with E-state index in [0.717, 1.165) is 17.6 Å². The maximum absolute atomic E-state index is 15.0. The molecule has 172 valence electrons. The first kappa shape index (κ1) is 22.5. The van der Waals surface area contributed by atoms with Gasteiger partial charge in [0.25, 0.3) is 0 Å². The number of carbonyl (C=O) groups excluding carboxylic acids is 2. The van der Waals surface area contributed by atoms with Crippen LogP contribution in [0.1, 0.15) is 24.5 Å². The Balaban J connectivity index is 1.41. The molecule has 2 aromatic rings. The quantitative estimate of drug-likeness (QED) is 0.638. The van der Waals surface area contributed by atoms with Crippen LogP contribution in [0.5, 0.6) is 0 Å². The van der Waals surface area contributed by atoms with Crippen molar-refractivity contribution in [3.63, 3.8) is 0 Å². The minimum Gasteiger partial charge on any atom is -0.442 e. The number of anilines is 1. The maximum Gasteiger partial charge on any atom is 0.414 e. The Bertz CT molecular complexity index is 1110. The molecule has 2 heterocycles. The molecular formula is C24H25FN4O4. The second-order valence-electron chi connectivity index (χ2n) is 7.91. The topological polar surface area (TPSA) is 96.7 Å². The summed E-state index contributed by atoms with van der Waals surface area (Å²) in [4.78, 5) is 24.6. The molecular weight excluding hydrogens is 427 g/mol. The van der Waals surface area contributed by atoms with Crippen molar-refractivity contribution in [3.05, 3.63) is 77.5 Å². The molecule has 1 aromatic heterocycles. The highest BCUT2D eigenvalue weighted by molar-refractivity contribution is 5.90. The van der Waals surface area contributed by atoms with Crippen molar-refractivity contribution in [1.29, 1.82) is 0 Å². The second-order valence-corrected chi connectivity index (χ2v) is 7.91. The molecule has 0 bridgehead atoms. The second kappa shape index (κ2) is 10.3. The summed E-state index contributed by atoms with van der Waals surface area (Å²) in [5.41, 5.74) is 3.76. The maximum atomic E-state index is 15.0. The number of amides is 2. The molecule has 2 aliphatic rings. The van der Waals surface area contributed by atoms with Gasteiger partial charge in [-0.25, -0.2) is 9.18 Å². The van der Waals surface area contributed by atoms with Crippen molar-refractivity contribution >= 4 is 23.3 Å². The number of benzene rings is 1. The van der Waals surface area contributed by atoms with E-state index in [1.807, 2.05) is 24.3 Å². The third-order valence-corrected chi connectivity index (χ3v) is 5.37. The largest absolute Gasteiger partial charge is 0.442 e. The number of rotatable bonds is 8. The van der Waals surface area contributed by atoms with Crippen LogP contribution < -0.4 is 15.5 Å². The Morgan fingerprint density at radius 1 is 1.30 bits per heavy atom. The summed E-state index contributed by atoms with van der Waals surface area (Å²) in [6, 6.07) is 4.70. The number of halogens is 1. The van der Waals surface area contributed by atoms with Crippen molar-refractivity contribution in [1.82, 2.24) is 15.8 Å². The van der Waals surface area contributed by atoms with E-state index in [1.165, 1.54) is 23.5 Å². The van der Waals surface area contributed by atoms with Gasteiger partial charge in [0.1, 0.15) is 18.2 Å². The van der Waals surface area contributed by atoms with Crippen molar-refractivity contribution in [3.8, 4) is 0 Å². The Morgan fingerprint density at radius 2 is 2.18 bits per heavy atom. The van der Waals surface area contributed by atoms with Gasteiger partial charge in [0.15, 0.2) is 0 Å². The average Bonchev–Trinajstić information content (AvgIpc) is 3.37. The predicted molar refractivity (Wildman–Crippen MR) is 121 cm³/mol. The van der Waals surface area contributed by atoms with Crippen molar-refractivity contribution in [2.45, 2.75) is 26.0 Å². The van der Waals surface area contributed by atoms with Crippen LogP contribution in [0.3, 0.4) is 0 Å². The molecule has 8 nitrogen and oxygen atoms in total. The Morgan fingerprint density at radius 3 is 2.94 bits per heavy atom. The van der Waals surface area contributed by atoms with Crippen molar-refractivity contribution in [2.75, 3.05) is 24.5 Å². The van der Waals surface area contributed by atoms with E-state index >= 15 is 0 Å². The molecule has 9 heteroatoms. The number of hydrogen-bond donors (Lipinski definition) is 2. The number of ether oxygens (including phenoxy) is 1. The zero-order valence-electron chi connectivity index (χ0n) is 18.2. The van der Waals surface area contributed by atoms with Crippen LogP contribution in [-0.4, -0.2) is 42.9 Å².